The molecule has 3 N–H and O–H groups in total. The number of nitrogens with zero attached hydrogens (tertiary/aromatic N) is 2. The number of aromatic nitrogens is 2. The van der Waals surface area contributed by atoms with Gasteiger partial charge in [0.1, 0.15) is 5.82 Å². The first kappa shape index (κ1) is 15.6. The van der Waals surface area contributed by atoms with E-state index in [1.54, 1.807) is 18.2 Å². The van der Waals surface area contributed by atoms with Crippen LogP contribution in [0, 0.1) is 13.8 Å². The fraction of sp³-hybridized carbons (Fsp3) is 0.214. The maximum absolute atomic E-state index is 11.9. The largest absolute Gasteiger partial charge is 0.384 e. The summed E-state index contributed by atoms with van der Waals surface area (Å²) in [4.78, 5) is 20.2. The summed E-state index contributed by atoms with van der Waals surface area (Å²) in [5, 5.41) is 3.76. The van der Waals surface area contributed by atoms with Gasteiger partial charge in [0.25, 0.3) is 0 Å². The second kappa shape index (κ2) is 6.78. The van der Waals surface area contributed by atoms with Crippen molar-refractivity contribution in [1.82, 2.24) is 9.97 Å². The summed E-state index contributed by atoms with van der Waals surface area (Å²) in [7, 11) is 0. The highest BCUT2D eigenvalue weighted by Crippen LogP contribution is 2.23. The summed E-state index contributed by atoms with van der Waals surface area (Å²) < 4.78 is 0. The van der Waals surface area contributed by atoms with E-state index in [1.165, 1.54) is 11.8 Å². The van der Waals surface area contributed by atoms with Crippen LogP contribution in [-0.4, -0.2) is 21.6 Å². The average Bonchev–Trinajstić information content (AvgIpc) is 2.39. The Labute approximate surface area is 132 Å². The van der Waals surface area contributed by atoms with E-state index in [0.717, 1.165) is 11.3 Å². The summed E-state index contributed by atoms with van der Waals surface area (Å²) in [6.07, 6.45) is 0. The smallest absolute Gasteiger partial charge is 0.234 e. The lowest BCUT2D eigenvalue weighted by Crippen LogP contribution is -2.14. The normalized spacial score (nSPS) is 10.4. The molecular weight excluding hydrogens is 308 g/mol. The van der Waals surface area contributed by atoms with Gasteiger partial charge in [-0.3, -0.25) is 4.79 Å². The van der Waals surface area contributed by atoms with Crippen molar-refractivity contribution in [2.24, 2.45) is 0 Å². The molecule has 0 unspecified atom stereocenters. The molecule has 2 aromatic rings. The van der Waals surface area contributed by atoms with Crippen molar-refractivity contribution >= 4 is 40.8 Å². The summed E-state index contributed by atoms with van der Waals surface area (Å²) >= 11 is 7.30. The fourth-order valence-electron chi connectivity index (χ4n) is 1.67. The van der Waals surface area contributed by atoms with Gasteiger partial charge in [0, 0.05) is 11.8 Å². The van der Waals surface area contributed by atoms with Gasteiger partial charge >= 0.3 is 0 Å². The third-order valence-corrected chi connectivity index (χ3v) is 3.74. The Hall–Kier alpha value is -1.79. The first-order valence-corrected chi connectivity index (χ1v) is 7.60. The van der Waals surface area contributed by atoms with Gasteiger partial charge in [-0.15, -0.1) is 0 Å². The number of benzene rings is 1. The predicted octanol–water partition coefficient (Wildman–Crippen LogP) is 3.06. The molecule has 2 rings (SSSR count). The van der Waals surface area contributed by atoms with E-state index in [4.69, 9.17) is 17.3 Å². The quantitative estimate of drug-likeness (QED) is 0.668. The molecule has 0 atom stereocenters. The van der Waals surface area contributed by atoms with Crippen molar-refractivity contribution < 1.29 is 4.79 Å². The summed E-state index contributed by atoms with van der Waals surface area (Å²) in [6.45, 7) is 3.76. The first-order chi connectivity index (χ1) is 9.94. The number of hydrogen-bond donors (Lipinski definition) is 2. The third-order valence-electron chi connectivity index (χ3n) is 2.58. The van der Waals surface area contributed by atoms with Gasteiger partial charge in [0.2, 0.25) is 5.91 Å². The zero-order valence-corrected chi connectivity index (χ0v) is 13.3. The number of halogens is 1. The molecule has 0 aliphatic carbocycles. The Bertz CT molecular complexity index is 658. The number of carbonyl (C=O) groups excluding carboxylic acids is 1. The molecule has 0 fully saturated rings. The molecule has 0 saturated heterocycles. The van der Waals surface area contributed by atoms with E-state index in [2.05, 4.69) is 15.3 Å². The molecule has 0 spiro atoms. The van der Waals surface area contributed by atoms with Crippen LogP contribution >= 0.6 is 23.4 Å². The van der Waals surface area contributed by atoms with E-state index in [-0.39, 0.29) is 11.7 Å². The summed E-state index contributed by atoms with van der Waals surface area (Å²) in [5.74, 6) is 0.411. The van der Waals surface area contributed by atoms with E-state index < -0.39 is 0 Å². The SMILES string of the molecule is Cc1ccc(NC(=O)CSc2nc(C)cc(N)n2)c(Cl)c1. The molecule has 110 valence electrons. The lowest BCUT2D eigenvalue weighted by Gasteiger charge is -2.07. The van der Waals surface area contributed by atoms with Crippen LogP contribution in [0.15, 0.2) is 29.4 Å². The summed E-state index contributed by atoms with van der Waals surface area (Å²) in [5.41, 5.74) is 8.04. The van der Waals surface area contributed by atoms with Crippen LogP contribution in [0.2, 0.25) is 5.02 Å². The zero-order chi connectivity index (χ0) is 15.4. The maximum Gasteiger partial charge on any atom is 0.234 e. The average molecular weight is 323 g/mol. The molecule has 1 heterocycles. The molecule has 1 aromatic heterocycles. The number of anilines is 2. The topological polar surface area (TPSA) is 80.9 Å². The van der Waals surface area contributed by atoms with Crippen LogP contribution in [-0.2, 0) is 4.79 Å². The van der Waals surface area contributed by atoms with Crippen molar-refractivity contribution in [2.75, 3.05) is 16.8 Å². The standard InChI is InChI=1S/C14H15ClN4OS/c1-8-3-4-11(10(15)5-8)18-13(20)7-21-14-17-9(2)6-12(16)19-14/h3-6H,7H2,1-2H3,(H,18,20)(H2,16,17,19). The van der Waals surface area contributed by atoms with Crippen molar-refractivity contribution in [3.05, 3.63) is 40.5 Å². The van der Waals surface area contributed by atoms with Crippen LogP contribution in [0.5, 0.6) is 0 Å². The van der Waals surface area contributed by atoms with E-state index in [0.29, 0.717) is 21.7 Å². The summed E-state index contributed by atoms with van der Waals surface area (Å²) in [6, 6.07) is 7.14. The van der Waals surface area contributed by atoms with Crippen molar-refractivity contribution in [2.45, 2.75) is 19.0 Å². The molecule has 0 bridgehead atoms. The van der Waals surface area contributed by atoms with Gasteiger partial charge in [0.15, 0.2) is 5.16 Å². The minimum atomic E-state index is -0.172. The van der Waals surface area contributed by atoms with Gasteiger partial charge in [0.05, 0.1) is 16.5 Å². The lowest BCUT2D eigenvalue weighted by atomic mass is 10.2. The molecule has 0 aliphatic rings. The number of amides is 1. The van der Waals surface area contributed by atoms with E-state index in [9.17, 15) is 4.79 Å². The Morgan fingerprint density at radius 3 is 2.76 bits per heavy atom. The van der Waals surface area contributed by atoms with Crippen LogP contribution in [0.4, 0.5) is 11.5 Å². The fourth-order valence-corrected chi connectivity index (χ4v) is 2.66. The number of nitrogen functional groups attached to an aromatic ring is 1. The Morgan fingerprint density at radius 1 is 1.33 bits per heavy atom. The van der Waals surface area contributed by atoms with Gasteiger partial charge in [-0.25, -0.2) is 9.97 Å². The molecule has 7 heteroatoms. The molecule has 0 radical (unpaired) electrons. The van der Waals surface area contributed by atoms with E-state index in [1.807, 2.05) is 19.9 Å². The first-order valence-electron chi connectivity index (χ1n) is 6.24. The molecular formula is C14H15ClN4OS. The number of thioether (sulfide) groups is 1. The number of hydrogen-bond acceptors (Lipinski definition) is 5. The predicted molar refractivity (Wildman–Crippen MR) is 86.7 cm³/mol. The molecule has 21 heavy (non-hydrogen) atoms. The highest BCUT2D eigenvalue weighted by Gasteiger charge is 2.08. The third kappa shape index (κ3) is 4.61. The van der Waals surface area contributed by atoms with Crippen molar-refractivity contribution in [1.29, 1.82) is 0 Å². The molecule has 1 amide bonds. The van der Waals surface area contributed by atoms with Gasteiger partial charge in [-0.1, -0.05) is 29.4 Å². The second-order valence-electron chi connectivity index (χ2n) is 4.54. The number of nitrogens with two attached hydrogens (primary N) is 1. The zero-order valence-electron chi connectivity index (χ0n) is 11.7. The highest BCUT2D eigenvalue weighted by molar-refractivity contribution is 7.99. The molecule has 5 nitrogen and oxygen atoms in total. The number of carbonyl (C=O) groups is 1. The van der Waals surface area contributed by atoms with Gasteiger partial charge in [-0.05, 0) is 31.5 Å². The van der Waals surface area contributed by atoms with Gasteiger partial charge in [-0.2, -0.15) is 0 Å². The van der Waals surface area contributed by atoms with Gasteiger partial charge < -0.3 is 11.1 Å². The van der Waals surface area contributed by atoms with Crippen molar-refractivity contribution in [3.8, 4) is 0 Å². The van der Waals surface area contributed by atoms with Crippen LogP contribution < -0.4 is 11.1 Å². The minimum Gasteiger partial charge on any atom is -0.384 e. The minimum absolute atomic E-state index is 0.172. The number of rotatable bonds is 4. The Morgan fingerprint density at radius 2 is 2.10 bits per heavy atom. The Balaban J connectivity index is 1.95. The Kier molecular flexibility index (Phi) is 5.03. The van der Waals surface area contributed by atoms with Crippen LogP contribution in [0.3, 0.4) is 0 Å². The lowest BCUT2D eigenvalue weighted by molar-refractivity contribution is -0.113. The molecule has 0 saturated carbocycles. The van der Waals surface area contributed by atoms with Crippen LogP contribution in [0.1, 0.15) is 11.3 Å². The monoisotopic (exact) mass is 322 g/mol. The molecule has 0 aliphatic heterocycles. The second-order valence-corrected chi connectivity index (χ2v) is 5.89. The number of aryl methyl sites for hydroxylation is 2. The maximum atomic E-state index is 11.9. The van der Waals surface area contributed by atoms with E-state index >= 15 is 0 Å². The molecule has 1 aromatic carbocycles. The highest BCUT2D eigenvalue weighted by atomic mass is 35.5. The number of nitrogens with one attached hydrogen (secondary N) is 1. The van der Waals surface area contributed by atoms with Crippen molar-refractivity contribution in [3.63, 3.8) is 0 Å². The van der Waals surface area contributed by atoms with Crippen LogP contribution in [0.25, 0.3) is 0 Å².